The molecular formula is C67H46N2O. The van der Waals surface area contributed by atoms with Gasteiger partial charge in [-0.2, -0.15) is 0 Å². The molecule has 0 fully saturated rings. The van der Waals surface area contributed by atoms with E-state index in [1.54, 1.807) is 6.26 Å². The van der Waals surface area contributed by atoms with E-state index in [0.29, 0.717) is 0 Å². The number of hydrogen-bond donors (Lipinski definition) is 0. The predicted octanol–water partition coefficient (Wildman–Crippen LogP) is 18.2. The Morgan fingerprint density at radius 3 is 1.51 bits per heavy atom. The van der Waals surface area contributed by atoms with Gasteiger partial charge in [-0.1, -0.05) is 212 Å². The average molecular weight is 895 g/mol. The van der Waals surface area contributed by atoms with Crippen LogP contribution < -0.4 is 9.80 Å². The quantitative estimate of drug-likeness (QED) is 0.159. The van der Waals surface area contributed by atoms with Gasteiger partial charge in [-0.3, -0.25) is 0 Å². The van der Waals surface area contributed by atoms with E-state index in [9.17, 15) is 0 Å². The van der Waals surface area contributed by atoms with Crippen LogP contribution in [0.1, 0.15) is 22.3 Å². The molecule has 0 amide bonds. The molecule has 1 aliphatic heterocycles. The van der Waals surface area contributed by atoms with E-state index in [1.165, 1.54) is 55.9 Å². The van der Waals surface area contributed by atoms with Crippen molar-refractivity contribution in [1.82, 2.24) is 0 Å². The molecule has 0 saturated heterocycles. The molecule has 330 valence electrons. The van der Waals surface area contributed by atoms with Gasteiger partial charge < -0.3 is 14.2 Å². The molecule has 0 atom stereocenters. The summed E-state index contributed by atoms with van der Waals surface area (Å²) in [6.07, 6.45) is 1.77. The van der Waals surface area contributed by atoms with Gasteiger partial charge in [0.25, 0.3) is 0 Å². The van der Waals surface area contributed by atoms with Crippen molar-refractivity contribution >= 4 is 45.1 Å². The maximum atomic E-state index is 6.13. The first-order valence-electron chi connectivity index (χ1n) is 24.0. The van der Waals surface area contributed by atoms with Gasteiger partial charge in [-0.25, -0.2) is 0 Å². The van der Waals surface area contributed by atoms with Crippen LogP contribution in [0, 0.1) is 0 Å². The Morgan fingerprint density at radius 1 is 0.329 bits per heavy atom. The van der Waals surface area contributed by atoms with Gasteiger partial charge in [0.05, 0.1) is 34.4 Å². The van der Waals surface area contributed by atoms with Crippen LogP contribution in [0.15, 0.2) is 284 Å². The van der Waals surface area contributed by atoms with Crippen molar-refractivity contribution in [3.63, 3.8) is 0 Å². The Hall–Kier alpha value is -9.18. The van der Waals surface area contributed by atoms with Crippen molar-refractivity contribution in [3.8, 4) is 44.5 Å². The maximum absolute atomic E-state index is 6.13. The monoisotopic (exact) mass is 894 g/mol. The van der Waals surface area contributed by atoms with Gasteiger partial charge in [-0.15, -0.1) is 0 Å². The zero-order valence-electron chi connectivity index (χ0n) is 38.4. The summed E-state index contributed by atoms with van der Waals surface area (Å²) in [5.74, 6) is 0. The number of nitrogens with zero attached hydrogens (tertiary/aromatic N) is 2. The second kappa shape index (κ2) is 17.2. The first kappa shape index (κ1) is 41.0. The molecule has 3 nitrogen and oxygen atoms in total. The van der Waals surface area contributed by atoms with Crippen LogP contribution in [0.25, 0.3) is 55.5 Å². The Kier molecular flexibility index (Phi) is 10.1. The van der Waals surface area contributed by atoms with Crippen molar-refractivity contribution in [2.75, 3.05) is 9.80 Å². The van der Waals surface area contributed by atoms with Gasteiger partial charge in [0.1, 0.15) is 5.58 Å². The Morgan fingerprint density at radius 2 is 0.814 bits per heavy atom. The zero-order valence-corrected chi connectivity index (χ0v) is 38.4. The SMILES string of the molecule is c1ccc(-c2ccc(-c3ccccc3N(c3ccc4c(c3)C3(c5ccccc5-4)c4ccccc4N(c4ccccc4)c4ccccc43)c3ccccc3-c3cccoc4ccccc4cc3)cc2)cc1. The first-order chi connectivity index (χ1) is 34.8. The van der Waals surface area contributed by atoms with E-state index in [1.807, 2.05) is 18.2 Å². The molecular weight excluding hydrogens is 849 g/mol. The van der Waals surface area contributed by atoms with Crippen molar-refractivity contribution in [2.24, 2.45) is 0 Å². The zero-order chi connectivity index (χ0) is 46.4. The lowest BCUT2D eigenvalue weighted by Crippen LogP contribution is -2.36. The lowest BCUT2D eigenvalue weighted by atomic mass is 9.64. The topological polar surface area (TPSA) is 19.6 Å². The molecule has 13 rings (SSSR count). The second-order valence-electron chi connectivity index (χ2n) is 18.0. The molecule has 10 aromatic carbocycles. The summed E-state index contributed by atoms with van der Waals surface area (Å²) in [5.41, 5.74) is 21.2. The van der Waals surface area contributed by atoms with Crippen molar-refractivity contribution < 1.29 is 4.42 Å². The average Bonchev–Trinajstić information content (AvgIpc) is 3.77. The molecule has 70 heavy (non-hydrogen) atoms. The molecule has 0 radical (unpaired) electrons. The fraction of sp³-hybridized carbons (Fsp3) is 0.0149. The molecule has 0 bridgehead atoms. The Bertz CT molecular complexity index is 3750. The van der Waals surface area contributed by atoms with Gasteiger partial charge in [0, 0.05) is 27.9 Å². The largest absolute Gasteiger partial charge is 0.464 e. The van der Waals surface area contributed by atoms with Crippen molar-refractivity contribution in [1.29, 1.82) is 0 Å². The number of rotatable bonds is 7. The summed E-state index contributed by atoms with van der Waals surface area (Å²) in [6.45, 7) is 0. The van der Waals surface area contributed by atoms with Crippen molar-refractivity contribution in [2.45, 2.75) is 5.41 Å². The maximum Gasteiger partial charge on any atom is 0.133 e. The number of para-hydroxylation sites is 6. The van der Waals surface area contributed by atoms with E-state index in [4.69, 9.17) is 4.42 Å². The number of benzene rings is 10. The van der Waals surface area contributed by atoms with Gasteiger partial charge in [0.2, 0.25) is 0 Å². The molecule has 3 heteroatoms. The smallest absolute Gasteiger partial charge is 0.133 e. The summed E-state index contributed by atoms with van der Waals surface area (Å²) in [7, 11) is 0. The molecule has 1 aromatic heterocycles. The molecule has 1 aliphatic carbocycles. The summed E-state index contributed by atoms with van der Waals surface area (Å²) < 4.78 is 6.13. The summed E-state index contributed by atoms with van der Waals surface area (Å²) in [5, 5.41) is 1.01. The van der Waals surface area contributed by atoms with Crippen molar-refractivity contribution in [3.05, 3.63) is 302 Å². The third-order valence-corrected chi connectivity index (χ3v) is 14.2. The Labute approximate surface area is 408 Å². The molecule has 1 spiro atoms. The van der Waals surface area contributed by atoms with E-state index in [0.717, 1.165) is 56.0 Å². The molecule has 2 heterocycles. The lowest BCUT2D eigenvalue weighted by molar-refractivity contribution is 0.606. The van der Waals surface area contributed by atoms with Crippen LogP contribution in [0.2, 0.25) is 0 Å². The van der Waals surface area contributed by atoms with E-state index in [2.05, 4.69) is 265 Å². The highest BCUT2D eigenvalue weighted by molar-refractivity contribution is 5.99. The van der Waals surface area contributed by atoms with Crippen LogP contribution in [0.4, 0.5) is 34.1 Å². The second-order valence-corrected chi connectivity index (χ2v) is 18.0. The standard InChI is InChI=1S/C67H46N2O/c1-3-20-47(21-4-1)48-37-39-50(40-38-48)55-27-10-15-33-63(55)69(62-32-14-9-26-54(62)49-23-19-45-70-66-36-18-7-22-51(66)42-41-49)53-43-44-57-56-28-8-11-29-58(56)67(61(57)46-53)59-30-12-16-34-64(59)68(52-24-5-2-6-25-52)65-35-17-13-31-60(65)67/h1-46H. The molecule has 0 unspecified atom stereocenters. The van der Waals surface area contributed by atoms with Gasteiger partial charge in [0.15, 0.2) is 0 Å². The highest BCUT2D eigenvalue weighted by atomic mass is 16.3. The van der Waals surface area contributed by atoms with E-state index in [-0.39, 0.29) is 0 Å². The van der Waals surface area contributed by atoms with Gasteiger partial charge in [-0.05, 0) is 116 Å². The minimum Gasteiger partial charge on any atom is -0.464 e. The normalized spacial score (nSPS) is 12.7. The number of hydrogen-bond acceptors (Lipinski definition) is 3. The molecule has 11 aromatic rings. The minimum absolute atomic E-state index is 0.625. The van der Waals surface area contributed by atoms with Crippen LogP contribution in [0.5, 0.6) is 0 Å². The molecule has 2 aliphatic rings. The third kappa shape index (κ3) is 6.66. The fourth-order valence-corrected chi connectivity index (χ4v) is 11.2. The van der Waals surface area contributed by atoms with Crippen LogP contribution >= 0.6 is 0 Å². The summed E-state index contributed by atoms with van der Waals surface area (Å²) in [4.78, 5) is 4.93. The van der Waals surface area contributed by atoms with E-state index < -0.39 is 5.41 Å². The number of anilines is 6. The number of fused-ring (bicyclic) bond motifs is 10. The van der Waals surface area contributed by atoms with Crippen LogP contribution in [-0.2, 0) is 5.41 Å². The highest BCUT2D eigenvalue weighted by Gasteiger charge is 2.52. The first-order valence-corrected chi connectivity index (χ1v) is 24.0. The molecule has 0 N–H and O–H groups in total. The van der Waals surface area contributed by atoms with Gasteiger partial charge >= 0.3 is 0 Å². The summed E-state index contributed by atoms with van der Waals surface area (Å²) in [6, 6.07) is 99.1. The van der Waals surface area contributed by atoms with E-state index >= 15 is 0 Å². The lowest BCUT2D eigenvalue weighted by Gasteiger charge is -2.45. The third-order valence-electron chi connectivity index (χ3n) is 14.2. The predicted molar refractivity (Wildman–Crippen MR) is 290 cm³/mol. The highest BCUT2D eigenvalue weighted by Crippen LogP contribution is 2.64. The van der Waals surface area contributed by atoms with Crippen LogP contribution in [-0.4, -0.2) is 0 Å². The fourth-order valence-electron chi connectivity index (χ4n) is 11.2. The summed E-state index contributed by atoms with van der Waals surface area (Å²) >= 11 is 0. The Balaban J connectivity index is 1.08. The van der Waals surface area contributed by atoms with Crippen LogP contribution in [0.3, 0.4) is 0 Å². The molecule has 0 saturated carbocycles. The minimum atomic E-state index is -0.625.